The van der Waals surface area contributed by atoms with E-state index < -0.39 is 9.92 Å². The normalized spacial score (nSPS) is 20.1. The first-order valence-electron chi connectivity index (χ1n) is 12.6. The molecule has 2 aromatic heterocycles. The molecule has 12 heteroatoms. The molecule has 2 fully saturated rings. The first kappa shape index (κ1) is 33.1. The van der Waals surface area contributed by atoms with Crippen LogP contribution in [-0.4, -0.2) is 61.9 Å². The number of hydrogen-bond donors (Lipinski definition) is 2. The second kappa shape index (κ2) is 14.2. The summed E-state index contributed by atoms with van der Waals surface area (Å²) in [5, 5.41) is 15.7. The second-order valence-corrected chi connectivity index (χ2v) is 13.0. The van der Waals surface area contributed by atoms with E-state index >= 15 is 0 Å². The standard InChI is InChI=1S/C27H30Cl2N7OS.CH3.U/c1-38(31,37)36-10-5-21(6-11-36)34-26-14-22-20(16-33-26)2-7-32-27(22)19-3-8-35(9-4-19)17-18-12-24(28)23(15-30)25(29)13-18;;/h2,5,7,12-14,16,19,21,31H,3-4,6,8-11,17H2,1H3,(H,33,34);1H3;/q2*-1;+2/t21-,38?;;/m0../s1. The molecule has 0 bridgehead atoms. The van der Waals surface area contributed by atoms with E-state index in [1.165, 1.54) is 6.26 Å². The van der Waals surface area contributed by atoms with Gasteiger partial charge in [0.05, 0.1) is 21.3 Å². The molecule has 8 nitrogen and oxygen atoms in total. The molecule has 5 rings (SSSR count). The number of pyridine rings is 2. The fraction of sp³-hybridized carbons (Fsp3) is 0.393. The fourth-order valence-electron chi connectivity index (χ4n) is 5.31. The third-order valence-corrected chi connectivity index (χ3v) is 9.29. The van der Waals surface area contributed by atoms with Gasteiger partial charge in [0.15, 0.2) is 0 Å². The van der Waals surface area contributed by atoms with Crippen LogP contribution in [0.4, 0.5) is 5.82 Å². The molecular weight excluding hydrogens is 791 g/mol. The Labute approximate surface area is 271 Å². The number of halogens is 2. The van der Waals surface area contributed by atoms with Crippen molar-refractivity contribution < 1.29 is 35.3 Å². The molecule has 0 saturated carbocycles. The number of hydrogen-bond acceptors (Lipinski definition) is 7. The Morgan fingerprint density at radius 2 is 1.88 bits per heavy atom. The van der Waals surface area contributed by atoms with Gasteiger partial charge in [0, 0.05) is 48.4 Å². The molecule has 3 aromatic rings. The van der Waals surface area contributed by atoms with Crippen molar-refractivity contribution in [2.45, 2.75) is 37.8 Å². The van der Waals surface area contributed by atoms with Crippen molar-refractivity contribution in [3.63, 3.8) is 0 Å². The van der Waals surface area contributed by atoms with Crippen LogP contribution in [0.3, 0.4) is 0 Å². The SMILES string of the molecule is CS(=N)(=O)N1C[CH-][C@H](Nc2cc3c(C4CCN(Cc5cc(Cl)c(C#N)c(Cl)c5)CC4)nccc3cn2)CC1.[CH3-].[U+2]. The van der Waals surface area contributed by atoms with Crippen LogP contribution in [0.5, 0.6) is 0 Å². The van der Waals surface area contributed by atoms with Gasteiger partial charge in [-0.3, -0.25) is 16.3 Å². The molecule has 40 heavy (non-hydrogen) atoms. The van der Waals surface area contributed by atoms with Crippen LogP contribution < -0.4 is 5.32 Å². The van der Waals surface area contributed by atoms with Crippen LogP contribution in [0.15, 0.2) is 36.7 Å². The summed E-state index contributed by atoms with van der Waals surface area (Å²) in [4.78, 5) is 11.8. The monoisotopic (exact) mass is 823 g/mol. The molecule has 2 atom stereocenters. The first-order chi connectivity index (χ1) is 18.2. The number of anilines is 1. The Morgan fingerprint density at radius 1 is 1.18 bits per heavy atom. The zero-order valence-corrected chi connectivity index (χ0v) is 29.2. The maximum Gasteiger partial charge on any atom is 2.00 e. The Morgan fingerprint density at radius 3 is 2.48 bits per heavy atom. The fourth-order valence-corrected chi connectivity index (χ4v) is 6.75. The minimum atomic E-state index is -2.67. The number of aromatic nitrogens is 2. The predicted octanol–water partition coefficient (Wildman–Crippen LogP) is 5.92. The van der Waals surface area contributed by atoms with Gasteiger partial charge in [0.2, 0.25) is 0 Å². The molecule has 1 unspecified atom stereocenters. The number of likely N-dealkylation sites (tertiary alicyclic amines) is 1. The Kier molecular flexibility index (Phi) is 11.7. The zero-order valence-electron chi connectivity index (χ0n) is 22.7. The van der Waals surface area contributed by atoms with Crippen molar-refractivity contribution in [3.8, 4) is 6.07 Å². The molecule has 2 aliphatic heterocycles. The van der Waals surface area contributed by atoms with E-state index in [-0.39, 0.29) is 44.6 Å². The van der Waals surface area contributed by atoms with Crippen molar-refractivity contribution >= 4 is 49.7 Å². The van der Waals surface area contributed by atoms with Crippen LogP contribution in [0, 0.1) is 61.1 Å². The molecule has 2 aliphatic rings. The van der Waals surface area contributed by atoms with Gasteiger partial charge >= 0.3 is 31.1 Å². The van der Waals surface area contributed by atoms with Gasteiger partial charge < -0.3 is 12.7 Å². The van der Waals surface area contributed by atoms with E-state index in [1.807, 2.05) is 30.6 Å². The summed E-state index contributed by atoms with van der Waals surface area (Å²) in [5.41, 5.74) is 2.44. The Bertz CT molecular complexity index is 1460. The van der Waals surface area contributed by atoms with Crippen molar-refractivity contribution in [3.05, 3.63) is 77.4 Å². The quantitative estimate of drug-likeness (QED) is 0.299. The van der Waals surface area contributed by atoms with E-state index in [4.69, 9.17) is 33.0 Å². The Balaban J connectivity index is 0.00000220. The number of benzene rings is 1. The molecule has 0 aliphatic carbocycles. The number of fused-ring (bicyclic) bond motifs is 1. The average molecular weight is 825 g/mol. The van der Waals surface area contributed by atoms with E-state index in [0.29, 0.717) is 34.6 Å². The van der Waals surface area contributed by atoms with Crippen LogP contribution >= 0.6 is 23.2 Å². The Hall–Kier alpha value is -1.43. The number of nitrogens with one attached hydrogen (secondary N) is 2. The third-order valence-electron chi connectivity index (χ3n) is 7.38. The molecule has 0 spiro atoms. The number of rotatable bonds is 6. The van der Waals surface area contributed by atoms with Gasteiger partial charge in [-0.05, 0) is 62.2 Å². The van der Waals surface area contributed by atoms with Crippen molar-refractivity contribution in [2.24, 2.45) is 0 Å². The third kappa shape index (κ3) is 7.69. The van der Waals surface area contributed by atoms with Crippen LogP contribution in [0.25, 0.3) is 10.8 Å². The molecule has 210 valence electrons. The molecular formula is C28H33Cl2N7OSU. The second-order valence-electron chi connectivity index (χ2n) is 10.0. The number of nitrogens with zero attached hydrogens (tertiary/aromatic N) is 5. The van der Waals surface area contributed by atoms with E-state index in [0.717, 1.165) is 66.7 Å². The van der Waals surface area contributed by atoms with Crippen LogP contribution in [0.2, 0.25) is 10.0 Å². The maximum atomic E-state index is 12.0. The first-order valence-corrected chi connectivity index (χ1v) is 15.3. The summed E-state index contributed by atoms with van der Waals surface area (Å²) in [6.07, 6.45) is 10.1. The van der Waals surface area contributed by atoms with Gasteiger partial charge in [-0.15, -0.1) is 6.54 Å². The molecule has 2 saturated heterocycles. The van der Waals surface area contributed by atoms with E-state index in [2.05, 4.69) is 33.8 Å². The maximum absolute atomic E-state index is 12.0. The van der Waals surface area contributed by atoms with Gasteiger partial charge in [0.1, 0.15) is 21.8 Å². The van der Waals surface area contributed by atoms with Crippen LogP contribution in [0.1, 0.15) is 42.0 Å². The summed E-state index contributed by atoms with van der Waals surface area (Å²) in [6, 6.07) is 9.93. The van der Waals surface area contributed by atoms with Gasteiger partial charge in [-0.1, -0.05) is 29.2 Å². The topological polar surface area (TPSA) is 109 Å². The largest absolute Gasteiger partial charge is 2.00 e. The number of nitriles is 1. The predicted molar refractivity (Wildman–Crippen MR) is 159 cm³/mol. The van der Waals surface area contributed by atoms with Crippen molar-refractivity contribution in [1.82, 2.24) is 19.2 Å². The van der Waals surface area contributed by atoms with E-state index in [9.17, 15) is 9.47 Å². The minimum absolute atomic E-state index is 0. The average Bonchev–Trinajstić information content (AvgIpc) is 2.88. The smallest absolute Gasteiger partial charge is 0.397 e. The van der Waals surface area contributed by atoms with E-state index in [1.54, 1.807) is 4.31 Å². The van der Waals surface area contributed by atoms with Gasteiger partial charge in [-0.2, -0.15) is 5.26 Å². The molecule has 0 amide bonds. The summed E-state index contributed by atoms with van der Waals surface area (Å²) in [5.74, 6) is 1.15. The minimum Gasteiger partial charge on any atom is -0.397 e. The molecule has 4 heterocycles. The summed E-state index contributed by atoms with van der Waals surface area (Å²) >= 11 is 12.5. The van der Waals surface area contributed by atoms with Gasteiger partial charge in [-0.25, -0.2) is 18.3 Å². The van der Waals surface area contributed by atoms with Crippen LogP contribution in [-0.2, 0) is 16.5 Å². The van der Waals surface area contributed by atoms with Gasteiger partial charge in [0.25, 0.3) is 0 Å². The van der Waals surface area contributed by atoms with Crippen molar-refractivity contribution in [2.75, 3.05) is 37.8 Å². The zero-order chi connectivity index (χ0) is 26.9. The summed E-state index contributed by atoms with van der Waals surface area (Å²) in [7, 11) is -2.67. The molecule has 1 aromatic carbocycles. The van der Waals surface area contributed by atoms with Crippen molar-refractivity contribution in [1.29, 1.82) is 10.0 Å². The summed E-state index contributed by atoms with van der Waals surface area (Å²) < 4.78 is 21.5. The number of piperidine rings is 2. The molecule has 0 radical (unpaired) electrons. The molecule has 2 N–H and O–H groups in total. The summed E-state index contributed by atoms with van der Waals surface area (Å²) in [6.45, 7) is 3.74.